The molecule has 0 spiro atoms. The van der Waals surface area contributed by atoms with Gasteiger partial charge < -0.3 is 14.8 Å². The number of fused-ring (bicyclic) bond motifs is 1. The van der Waals surface area contributed by atoms with Gasteiger partial charge in [0.1, 0.15) is 0 Å². The molecule has 0 aliphatic carbocycles. The Labute approximate surface area is 119 Å². The number of amides is 1. The number of benzene rings is 1. The molecular weight excluding hydrogens is 300 g/mol. The maximum absolute atomic E-state index is 11.5. The molecule has 0 aromatic heterocycles. The Bertz CT molecular complexity index is 473. The molecule has 0 saturated carbocycles. The fourth-order valence-electron chi connectivity index (χ4n) is 1.54. The summed E-state index contributed by atoms with van der Waals surface area (Å²) in [5.74, 6) is 0.652. The largest absolute Gasteiger partial charge is 0.454 e. The zero-order valence-corrected chi connectivity index (χ0v) is 11.6. The smallest absolute Gasteiger partial charge is 0.272 e. The van der Waals surface area contributed by atoms with Crippen molar-refractivity contribution in [3.63, 3.8) is 0 Å². The first kappa shape index (κ1) is 13.6. The normalized spacial score (nSPS) is 15.3. The van der Waals surface area contributed by atoms with Crippen LogP contribution in [0.2, 0.25) is 0 Å². The third-order valence-electron chi connectivity index (χ3n) is 2.50. The van der Waals surface area contributed by atoms with Gasteiger partial charge >= 0.3 is 0 Å². The van der Waals surface area contributed by atoms with E-state index in [1.54, 1.807) is 19.1 Å². The lowest BCUT2D eigenvalue weighted by Crippen LogP contribution is -2.36. The van der Waals surface area contributed by atoms with Crippen LogP contribution in [0.15, 0.2) is 18.2 Å². The minimum atomic E-state index is -1.97. The molecule has 18 heavy (non-hydrogen) atoms. The van der Waals surface area contributed by atoms with E-state index in [-0.39, 0.29) is 12.8 Å². The summed E-state index contributed by atoms with van der Waals surface area (Å²) in [4.78, 5) is 11.5. The minimum Gasteiger partial charge on any atom is -0.454 e. The number of halogens is 3. The Hall–Kier alpha value is -0.840. The number of nitrogens with one attached hydrogen (secondary N) is 1. The Morgan fingerprint density at radius 3 is 2.67 bits per heavy atom. The number of hydrogen-bond acceptors (Lipinski definition) is 3. The average molecular weight is 311 g/mol. The quantitative estimate of drug-likeness (QED) is 0.854. The van der Waals surface area contributed by atoms with Crippen LogP contribution in [0.4, 0.5) is 0 Å². The van der Waals surface area contributed by atoms with Crippen molar-refractivity contribution in [1.82, 2.24) is 5.32 Å². The van der Waals surface area contributed by atoms with Gasteiger partial charge in [-0.1, -0.05) is 40.9 Å². The van der Waals surface area contributed by atoms with Gasteiger partial charge in [0.25, 0.3) is 9.70 Å². The third-order valence-corrected chi connectivity index (χ3v) is 3.02. The van der Waals surface area contributed by atoms with Gasteiger partial charge in [-0.05, 0) is 24.6 Å². The van der Waals surface area contributed by atoms with Crippen molar-refractivity contribution >= 4 is 40.7 Å². The molecule has 1 unspecified atom stereocenters. The number of carbonyl (C=O) groups excluding carboxylic acids is 1. The number of carbonyl (C=O) groups is 1. The van der Waals surface area contributed by atoms with E-state index in [9.17, 15) is 4.79 Å². The molecule has 7 heteroatoms. The zero-order chi connectivity index (χ0) is 13.3. The first-order chi connectivity index (χ1) is 8.38. The Morgan fingerprint density at radius 2 is 2.00 bits per heavy atom. The van der Waals surface area contributed by atoms with Gasteiger partial charge in [0, 0.05) is 0 Å². The van der Waals surface area contributed by atoms with E-state index in [0.717, 1.165) is 5.56 Å². The molecule has 1 atom stereocenters. The lowest BCUT2D eigenvalue weighted by atomic mass is 10.1. The average Bonchev–Trinajstić information content (AvgIpc) is 2.74. The maximum atomic E-state index is 11.5. The lowest BCUT2D eigenvalue weighted by molar-refractivity contribution is -0.120. The van der Waals surface area contributed by atoms with E-state index in [1.165, 1.54) is 0 Å². The van der Waals surface area contributed by atoms with Crippen molar-refractivity contribution in [2.24, 2.45) is 0 Å². The van der Waals surface area contributed by atoms with Crippen molar-refractivity contribution in [2.75, 3.05) is 6.79 Å². The van der Waals surface area contributed by atoms with Crippen LogP contribution in [0.3, 0.4) is 0 Å². The summed E-state index contributed by atoms with van der Waals surface area (Å²) in [6, 6.07) is 5.07. The first-order valence-corrected chi connectivity index (χ1v) is 6.28. The molecule has 0 saturated heterocycles. The summed E-state index contributed by atoms with van der Waals surface area (Å²) in [5, 5.41) is 2.60. The van der Waals surface area contributed by atoms with Crippen LogP contribution in [0.25, 0.3) is 0 Å². The highest BCUT2D eigenvalue weighted by Crippen LogP contribution is 2.34. The summed E-state index contributed by atoms with van der Waals surface area (Å²) in [6.07, 6.45) is 0. The van der Waals surface area contributed by atoms with Gasteiger partial charge in [-0.15, -0.1) is 0 Å². The fraction of sp³-hybridized carbons (Fsp3) is 0.364. The molecule has 2 rings (SSSR count). The monoisotopic (exact) mass is 309 g/mol. The Morgan fingerprint density at radius 1 is 1.33 bits per heavy atom. The van der Waals surface area contributed by atoms with E-state index in [0.29, 0.717) is 11.5 Å². The predicted molar refractivity (Wildman–Crippen MR) is 69.4 cm³/mol. The van der Waals surface area contributed by atoms with Crippen molar-refractivity contribution in [3.8, 4) is 11.5 Å². The molecule has 98 valence electrons. The Balaban J connectivity index is 2.10. The molecule has 0 fully saturated rings. The first-order valence-electron chi connectivity index (χ1n) is 5.15. The molecule has 1 heterocycles. The summed E-state index contributed by atoms with van der Waals surface area (Å²) < 4.78 is 8.48. The van der Waals surface area contributed by atoms with Crippen LogP contribution >= 0.6 is 34.8 Å². The van der Waals surface area contributed by atoms with Crippen molar-refractivity contribution < 1.29 is 14.3 Å². The van der Waals surface area contributed by atoms with Gasteiger partial charge in [-0.3, -0.25) is 4.79 Å². The molecular formula is C11H10Cl3NO3. The van der Waals surface area contributed by atoms with Crippen molar-refractivity contribution in [2.45, 2.75) is 16.8 Å². The van der Waals surface area contributed by atoms with E-state index in [2.05, 4.69) is 5.32 Å². The minimum absolute atomic E-state index is 0.202. The molecule has 4 nitrogen and oxygen atoms in total. The second kappa shape index (κ2) is 5.03. The highest BCUT2D eigenvalue weighted by Gasteiger charge is 2.31. The predicted octanol–water partition coefficient (Wildman–Crippen LogP) is 2.96. The third kappa shape index (κ3) is 2.94. The molecule has 1 aromatic carbocycles. The number of hydrogen-bond donors (Lipinski definition) is 1. The summed E-state index contributed by atoms with van der Waals surface area (Å²) in [6.45, 7) is 1.99. The summed E-state index contributed by atoms with van der Waals surface area (Å²) in [7, 11) is 0. The highest BCUT2D eigenvalue weighted by molar-refractivity contribution is 6.76. The SMILES string of the molecule is CC(NC(=O)C(Cl)(Cl)Cl)c1ccc2c(c1)OCO2. The van der Waals surface area contributed by atoms with Gasteiger partial charge in [-0.25, -0.2) is 0 Å². The zero-order valence-electron chi connectivity index (χ0n) is 9.38. The van der Waals surface area contributed by atoms with E-state index < -0.39 is 9.70 Å². The second-order valence-electron chi connectivity index (χ2n) is 3.81. The molecule has 1 aliphatic heterocycles. The number of alkyl halides is 3. The molecule has 1 aliphatic rings. The van der Waals surface area contributed by atoms with Crippen LogP contribution in [-0.2, 0) is 4.79 Å². The molecule has 1 aromatic rings. The van der Waals surface area contributed by atoms with Crippen LogP contribution in [0, 0.1) is 0 Å². The molecule has 1 amide bonds. The van der Waals surface area contributed by atoms with Crippen molar-refractivity contribution in [3.05, 3.63) is 23.8 Å². The summed E-state index contributed by atoms with van der Waals surface area (Å²) >= 11 is 16.4. The van der Waals surface area contributed by atoms with Crippen LogP contribution in [0.1, 0.15) is 18.5 Å². The lowest BCUT2D eigenvalue weighted by Gasteiger charge is -2.18. The van der Waals surface area contributed by atoms with Crippen molar-refractivity contribution in [1.29, 1.82) is 0 Å². The highest BCUT2D eigenvalue weighted by atomic mass is 35.6. The maximum Gasteiger partial charge on any atom is 0.272 e. The fourth-order valence-corrected chi connectivity index (χ4v) is 1.71. The van der Waals surface area contributed by atoms with Crippen LogP contribution in [0.5, 0.6) is 11.5 Å². The molecule has 1 N–H and O–H groups in total. The Kier molecular flexibility index (Phi) is 3.80. The van der Waals surface area contributed by atoms with E-state index in [4.69, 9.17) is 44.3 Å². The second-order valence-corrected chi connectivity index (χ2v) is 6.09. The van der Waals surface area contributed by atoms with Gasteiger partial charge in [0.05, 0.1) is 6.04 Å². The molecule has 0 radical (unpaired) electrons. The summed E-state index contributed by atoms with van der Waals surface area (Å²) in [5.41, 5.74) is 0.835. The number of rotatable bonds is 2. The van der Waals surface area contributed by atoms with Gasteiger partial charge in [-0.2, -0.15) is 0 Å². The number of ether oxygens (including phenoxy) is 2. The van der Waals surface area contributed by atoms with E-state index >= 15 is 0 Å². The van der Waals surface area contributed by atoms with Crippen LogP contribution in [-0.4, -0.2) is 16.5 Å². The van der Waals surface area contributed by atoms with Gasteiger partial charge in [0.15, 0.2) is 11.5 Å². The standard InChI is InChI=1S/C11H10Cl3NO3/c1-6(15-10(16)11(12,13)14)7-2-3-8-9(4-7)18-5-17-8/h2-4,6H,5H2,1H3,(H,15,16). The van der Waals surface area contributed by atoms with Crippen LogP contribution < -0.4 is 14.8 Å². The van der Waals surface area contributed by atoms with Gasteiger partial charge in [0.2, 0.25) is 6.79 Å². The molecule has 0 bridgehead atoms. The van der Waals surface area contributed by atoms with E-state index in [1.807, 2.05) is 6.07 Å². The topological polar surface area (TPSA) is 47.6 Å².